The molecule has 132 valence electrons. The third-order valence-electron chi connectivity index (χ3n) is 4.77. The van der Waals surface area contributed by atoms with Gasteiger partial charge in [-0.05, 0) is 23.3 Å². The number of carboxylic acids is 1. The molecule has 0 spiro atoms. The summed E-state index contributed by atoms with van der Waals surface area (Å²) in [5.74, 6) is -1.29. The summed E-state index contributed by atoms with van der Waals surface area (Å²) in [4.78, 5) is 28.7. The summed E-state index contributed by atoms with van der Waals surface area (Å²) in [5.41, 5.74) is 4.42. The third kappa shape index (κ3) is 3.17. The van der Waals surface area contributed by atoms with Crippen LogP contribution in [-0.4, -0.2) is 22.6 Å². The number of nitrogens with zero attached hydrogens (tertiary/aromatic N) is 1. The van der Waals surface area contributed by atoms with Gasteiger partial charge in [0.25, 0.3) is 0 Å². The van der Waals surface area contributed by atoms with E-state index in [1.165, 1.54) is 0 Å². The summed E-state index contributed by atoms with van der Waals surface area (Å²) < 4.78 is 0. The molecule has 3 aromatic rings. The molecule has 1 aliphatic carbocycles. The van der Waals surface area contributed by atoms with Crippen LogP contribution in [0.1, 0.15) is 43.3 Å². The first-order chi connectivity index (χ1) is 13.1. The Morgan fingerprint density at radius 1 is 0.852 bits per heavy atom. The molecule has 1 aliphatic rings. The molecule has 4 rings (SSSR count). The van der Waals surface area contributed by atoms with E-state index in [0.29, 0.717) is 12.1 Å². The molecule has 0 saturated heterocycles. The van der Waals surface area contributed by atoms with E-state index in [1.807, 2.05) is 54.6 Å². The van der Waals surface area contributed by atoms with Crippen LogP contribution in [0, 0.1) is 0 Å². The van der Waals surface area contributed by atoms with E-state index in [1.54, 1.807) is 24.3 Å². The minimum absolute atomic E-state index is 0.0665. The van der Waals surface area contributed by atoms with E-state index in [0.717, 1.165) is 22.4 Å². The maximum Gasteiger partial charge on any atom is 0.335 e. The fourth-order valence-electron chi connectivity index (χ4n) is 3.42. The predicted octanol–water partition coefficient (Wildman–Crippen LogP) is 4.35. The van der Waals surface area contributed by atoms with Crippen LogP contribution in [-0.2, 0) is 6.54 Å². The number of carbonyl (C=O) groups excluding carboxylic acids is 1. The fourth-order valence-corrected chi connectivity index (χ4v) is 3.42. The van der Waals surface area contributed by atoms with Crippen LogP contribution in [0.3, 0.4) is 0 Å². The monoisotopic (exact) mass is 355 g/mol. The predicted molar refractivity (Wildman–Crippen MR) is 104 cm³/mol. The molecule has 4 heteroatoms. The molecule has 0 saturated carbocycles. The Bertz CT molecular complexity index is 1040. The number of Topliss-reactive ketones (excluding diaryl/α,β-unsaturated/α-hetero) is 1. The average Bonchev–Trinajstić information content (AvgIpc) is 2.99. The molecule has 3 aromatic carbocycles. The van der Waals surface area contributed by atoms with Gasteiger partial charge in [0.15, 0.2) is 5.78 Å². The molecule has 1 unspecified atom stereocenters. The number of hydrogen-bond acceptors (Lipinski definition) is 3. The first-order valence-corrected chi connectivity index (χ1v) is 8.70. The van der Waals surface area contributed by atoms with E-state index in [-0.39, 0.29) is 11.3 Å². The number of rotatable bonds is 4. The molecule has 1 atom stereocenters. The summed E-state index contributed by atoms with van der Waals surface area (Å²) in [6.07, 6.45) is 0. The van der Waals surface area contributed by atoms with Crippen LogP contribution in [0.15, 0.2) is 83.9 Å². The van der Waals surface area contributed by atoms with Gasteiger partial charge in [-0.25, -0.2) is 4.79 Å². The second-order valence-electron chi connectivity index (χ2n) is 6.46. The molecule has 1 N–H and O–H groups in total. The maximum absolute atomic E-state index is 13.0. The molecule has 0 radical (unpaired) electrons. The highest BCUT2D eigenvalue weighted by Gasteiger charge is 2.37. The van der Waals surface area contributed by atoms with Crippen molar-refractivity contribution in [2.75, 3.05) is 0 Å². The lowest BCUT2D eigenvalue weighted by molar-refractivity contribution is 0.0696. The molecule has 0 aromatic heterocycles. The van der Waals surface area contributed by atoms with Crippen molar-refractivity contribution in [1.29, 1.82) is 0 Å². The van der Waals surface area contributed by atoms with Crippen molar-refractivity contribution in [1.82, 2.24) is 0 Å². The van der Waals surface area contributed by atoms with Crippen LogP contribution in [0.25, 0.3) is 0 Å². The van der Waals surface area contributed by atoms with Crippen molar-refractivity contribution in [3.8, 4) is 0 Å². The molecular formula is C23H17NO3. The Labute approximate surface area is 156 Å². The summed E-state index contributed by atoms with van der Waals surface area (Å²) >= 11 is 0. The molecule has 0 amide bonds. The van der Waals surface area contributed by atoms with E-state index >= 15 is 0 Å². The summed E-state index contributed by atoms with van der Waals surface area (Å²) in [5, 5.41) is 9.01. The highest BCUT2D eigenvalue weighted by Crippen LogP contribution is 2.34. The number of aromatic carboxylic acids is 1. The maximum atomic E-state index is 13.0. The molecule has 0 bridgehead atoms. The second kappa shape index (κ2) is 7.00. The standard InChI is InChI=1S/C23H17NO3/c25-22-19-9-5-4-8-18(19)21(20(22)16-6-2-1-3-7-16)24-14-15-10-12-17(13-11-15)23(26)27/h1-13,20H,14H2,(H,26,27). The van der Waals surface area contributed by atoms with Crippen molar-refractivity contribution in [2.24, 2.45) is 4.99 Å². The number of aliphatic imine (C=N–C) groups is 1. The van der Waals surface area contributed by atoms with Gasteiger partial charge in [-0.2, -0.15) is 0 Å². The molecule has 27 heavy (non-hydrogen) atoms. The molecule has 0 aliphatic heterocycles. The van der Waals surface area contributed by atoms with Gasteiger partial charge in [0.2, 0.25) is 0 Å². The molecule has 0 heterocycles. The van der Waals surface area contributed by atoms with Crippen LogP contribution >= 0.6 is 0 Å². The van der Waals surface area contributed by atoms with Crippen molar-refractivity contribution in [3.05, 3.63) is 107 Å². The molecule has 0 fully saturated rings. The summed E-state index contributed by atoms with van der Waals surface area (Å²) in [6, 6.07) is 23.9. The number of fused-ring (bicyclic) bond motifs is 1. The lowest BCUT2D eigenvalue weighted by Gasteiger charge is -2.11. The quantitative estimate of drug-likeness (QED) is 0.756. The summed E-state index contributed by atoms with van der Waals surface area (Å²) in [6.45, 7) is 0.389. The van der Waals surface area contributed by atoms with Crippen LogP contribution in [0.2, 0.25) is 0 Å². The Morgan fingerprint density at radius 2 is 1.48 bits per heavy atom. The Hall–Kier alpha value is -3.53. The number of benzene rings is 3. The SMILES string of the molecule is O=C(O)c1ccc(CN=C2c3ccccc3C(=O)C2c2ccccc2)cc1. The fraction of sp³-hybridized carbons (Fsp3) is 0.0870. The van der Waals surface area contributed by atoms with Gasteiger partial charge in [-0.15, -0.1) is 0 Å². The van der Waals surface area contributed by atoms with Gasteiger partial charge in [-0.3, -0.25) is 9.79 Å². The zero-order valence-corrected chi connectivity index (χ0v) is 14.5. The van der Waals surface area contributed by atoms with Crippen LogP contribution in [0.4, 0.5) is 0 Å². The lowest BCUT2D eigenvalue weighted by Crippen LogP contribution is -2.14. The topological polar surface area (TPSA) is 66.7 Å². The minimum atomic E-state index is -0.952. The van der Waals surface area contributed by atoms with Crippen LogP contribution < -0.4 is 0 Å². The first kappa shape index (κ1) is 16.9. The van der Waals surface area contributed by atoms with E-state index < -0.39 is 11.9 Å². The number of hydrogen-bond donors (Lipinski definition) is 1. The highest BCUT2D eigenvalue weighted by atomic mass is 16.4. The Kier molecular flexibility index (Phi) is 4.38. The van der Waals surface area contributed by atoms with Crippen molar-refractivity contribution < 1.29 is 14.7 Å². The summed E-state index contributed by atoms with van der Waals surface area (Å²) in [7, 11) is 0. The van der Waals surface area contributed by atoms with Gasteiger partial charge < -0.3 is 5.11 Å². The van der Waals surface area contributed by atoms with Crippen molar-refractivity contribution >= 4 is 17.5 Å². The molecule has 4 nitrogen and oxygen atoms in total. The zero-order chi connectivity index (χ0) is 18.8. The van der Waals surface area contributed by atoms with Gasteiger partial charge in [0.1, 0.15) is 0 Å². The van der Waals surface area contributed by atoms with Gasteiger partial charge >= 0.3 is 5.97 Å². The largest absolute Gasteiger partial charge is 0.478 e. The molecular weight excluding hydrogens is 338 g/mol. The lowest BCUT2D eigenvalue weighted by atomic mass is 9.93. The van der Waals surface area contributed by atoms with E-state index in [4.69, 9.17) is 10.1 Å². The Morgan fingerprint density at radius 3 is 2.15 bits per heavy atom. The normalized spacial score (nSPS) is 17.1. The Balaban J connectivity index is 1.72. The highest BCUT2D eigenvalue weighted by molar-refractivity contribution is 6.31. The average molecular weight is 355 g/mol. The van der Waals surface area contributed by atoms with Gasteiger partial charge in [0, 0.05) is 11.1 Å². The second-order valence-corrected chi connectivity index (χ2v) is 6.46. The van der Waals surface area contributed by atoms with Crippen molar-refractivity contribution in [3.63, 3.8) is 0 Å². The van der Waals surface area contributed by atoms with Gasteiger partial charge in [0.05, 0.1) is 23.7 Å². The van der Waals surface area contributed by atoms with Crippen molar-refractivity contribution in [2.45, 2.75) is 12.5 Å². The first-order valence-electron chi connectivity index (χ1n) is 8.70. The number of carboxylic acid groups (broad SMARTS) is 1. The number of ketones is 1. The van der Waals surface area contributed by atoms with E-state index in [9.17, 15) is 9.59 Å². The third-order valence-corrected chi connectivity index (χ3v) is 4.77. The van der Waals surface area contributed by atoms with E-state index in [2.05, 4.69) is 0 Å². The smallest absolute Gasteiger partial charge is 0.335 e. The zero-order valence-electron chi connectivity index (χ0n) is 14.5. The van der Waals surface area contributed by atoms with Gasteiger partial charge in [-0.1, -0.05) is 66.7 Å². The number of carbonyl (C=O) groups is 2. The minimum Gasteiger partial charge on any atom is -0.478 e. The van der Waals surface area contributed by atoms with Crippen LogP contribution in [0.5, 0.6) is 0 Å².